The van der Waals surface area contributed by atoms with E-state index in [1.807, 2.05) is 19.1 Å². The van der Waals surface area contributed by atoms with E-state index in [-0.39, 0.29) is 17.9 Å². The Labute approximate surface area is 175 Å². The number of fused-ring (bicyclic) bond motifs is 1. The highest BCUT2D eigenvalue weighted by Crippen LogP contribution is 2.36. The van der Waals surface area contributed by atoms with E-state index in [2.05, 4.69) is 0 Å². The third-order valence-electron chi connectivity index (χ3n) is 4.84. The first kappa shape index (κ1) is 21.8. The first-order valence-corrected chi connectivity index (χ1v) is 11.0. The van der Waals surface area contributed by atoms with Crippen molar-refractivity contribution in [1.29, 1.82) is 0 Å². The minimum absolute atomic E-state index is 0.112. The smallest absolute Gasteiger partial charge is 0.308 e. The second-order valence-corrected chi connectivity index (χ2v) is 8.71. The lowest BCUT2D eigenvalue weighted by Crippen LogP contribution is -2.41. The molecule has 30 heavy (non-hydrogen) atoms. The highest BCUT2D eigenvalue weighted by Gasteiger charge is 2.37. The zero-order chi connectivity index (χ0) is 21.7. The van der Waals surface area contributed by atoms with E-state index < -0.39 is 34.5 Å². The number of sulfonamides is 1. The maximum absolute atomic E-state index is 13.4. The van der Waals surface area contributed by atoms with Crippen molar-refractivity contribution in [2.45, 2.75) is 30.7 Å². The highest BCUT2D eigenvalue weighted by molar-refractivity contribution is 7.89. The van der Waals surface area contributed by atoms with Gasteiger partial charge in [-0.2, -0.15) is 4.31 Å². The van der Waals surface area contributed by atoms with E-state index in [9.17, 15) is 18.0 Å². The summed E-state index contributed by atoms with van der Waals surface area (Å²) in [6.07, 6.45) is 0.305. The van der Waals surface area contributed by atoms with Crippen LogP contribution >= 0.6 is 0 Å². The summed E-state index contributed by atoms with van der Waals surface area (Å²) in [5, 5.41) is 0. The zero-order valence-corrected chi connectivity index (χ0v) is 17.4. The second-order valence-electron chi connectivity index (χ2n) is 6.82. The number of rotatable bonds is 8. The standard InChI is InChI=1S/C21H24N2O6S/c1-2-28-16-7-9-17(10-8-16)30(26,27)23-12-11-15-5-3-4-6-18(15)19(23)13-21(25)29-14-20(22)24/h3-10,19H,2,11-14H2,1H3,(H2,22,24)/t19-/m0/s1. The fourth-order valence-corrected chi connectivity index (χ4v) is 5.11. The van der Waals surface area contributed by atoms with Crippen molar-refractivity contribution < 1.29 is 27.5 Å². The van der Waals surface area contributed by atoms with E-state index in [0.717, 1.165) is 11.1 Å². The van der Waals surface area contributed by atoms with Crippen LogP contribution in [0.15, 0.2) is 53.4 Å². The number of carbonyl (C=O) groups excluding carboxylic acids is 2. The maximum atomic E-state index is 13.4. The van der Waals surface area contributed by atoms with Crippen molar-refractivity contribution >= 4 is 21.9 Å². The van der Waals surface area contributed by atoms with Gasteiger partial charge in [-0.25, -0.2) is 8.42 Å². The molecule has 1 atom stereocenters. The summed E-state index contributed by atoms with van der Waals surface area (Å²) in [5.74, 6) is -0.888. The molecule has 160 valence electrons. The fourth-order valence-electron chi connectivity index (χ4n) is 3.51. The van der Waals surface area contributed by atoms with Gasteiger partial charge in [0.2, 0.25) is 10.0 Å². The van der Waals surface area contributed by atoms with Gasteiger partial charge >= 0.3 is 5.97 Å². The topological polar surface area (TPSA) is 116 Å². The van der Waals surface area contributed by atoms with Crippen LogP contribution in [0.5, 0.6) is 5.75 Å². The maximum Gasteiger partial charge on any atom is 0.308 e. The molecule has 0 bridgehead atoms. The van der Waals surface area contributed by atoms with Crippen LogP contribution < -0.4 is 10.5 Å². The van der Waals surface area contributed by atoms with Crippen LogP contribution in [0.2, 0.25) is 0 Å². The number of hydrogen-bond acceptors (Lipinski definition) is 6. The van der Waals surface area contributed by atoms with E-state index in [1.165, 1.54) is 16.4 Å². The molecule has 2 N–H and O–H groups in total. The molecule has 9 heteroatoms. The first-order valence-electron chi connectivity index (χ1n) is 9.59. The molecule has 0 unspecified atom stereocenters. The zero-order valence-electron chi connectivity index (χ0n) is 16.6. The third kappa shape index (κ3) is 4.80. The molecule has 0 aromatic heterocycles. The summed E-state index contributed by atoms with van der Waals surface area (Å²) in [6, 6.07) is 12.8. The Morgan fingerprint density at radius 2 is 1.83 bits per heavy atom. The molecule has 2 aromatic rings. The van der Waals surface area contributed by atoms with E-state index in [0.29, 0.717) is 18.8 Å². The minimum Gasteiger partial charge on any atom is -0.494 e. The van der Waals surface area contributed by atoms with Crippen LogP contribution in [0.3, 0.4) is 0 Å². The molecule has 8 nitrogen and oxygen atoms in total. The van der Waals surface area contributed by atoms with Crippen LogP contribution in [0.25, 0.3) is 0 Å². The van der Waals surface area contributed by atoms with Crippen LogP contribution in [0, 0.1) is 0 Å². The average molecular weight is 432 g/mol. The lowest BCUT2D eigenvalue weighted by molar-refractivity contribution is -0.148. The molecule has 0 saturated heterocycles. The Kier molecular flexibility index (Phi) is 6.73. The van der Waals surface area contributed by atoms with Crippen LogP contribution in [-0.2, 0) is 30.8 Å². The molecular weight excluding hydrogens is 408 g/mol. The average Bonchev–Trinajstić information content (AvgIpc) is 2.73. The monoisotopic (exact) mass is 432 g/mol. The number of esters is 1. The summed E-state index contributed by atoms with van der Waals surface area (Å²) in [7, 11) is -3.88. The van der Waals surface area contributed by atoms with Gasteiger partial charge in [-0.3, -0.25) is 9.59 Å². The number of primary amides is 1. The molecular formula is C21H24N2O6S. The first-order chi connectivity index (χ1) is 14.3. The van der Waals surface area contributed by atoms with Crippen molar-refractivity contribution in [3.63, 3.8) is 0 Å². The molecule has 0 radical (unpaired) electrons. The van der Waals surface area contributed by atoms with Crippen molar-refractivity contribution in [1.82, 2.24) is 4.31 Å². The van der Waals surface area contributed by atoms with Crippen molar-refractivity contribution in [3.05, 3.63) is 59.7 Å². The summed E-state index contributed by atoms with van der Waals surface area (Å²) in [5.41, 5.74) is 6.74. The molecule has 1 amide bonds. The van der Waals surface area contributed by atoms with Gasteiger partial charge < -0.3 is 15.2 Å². The molecule has 1 heterocycles. The van der Waals surface area contributed by atoms with Gasteiger partial charge in [-0.1, -0.05) is 24.3 Å². The Bertz CT molecular complexity index is 1020. The Morgan fingerprint density at radius 1 is 1.13 bits per heavy atom. The quantitative estimate of drug-likeness (QED) is 0.636. The largest absolute Gasteiger partial charge is 0.494 e. The summed E-state index contributed by atoms with van der Waals surface area (Å²) < 4.78 is 38.3. The van der Waals surface area contributed by atoms with Gasteiger partial charge in [0.05, 0.1) is 24.0 Å². The second kappa shape index (κ2) is 9.27. The van der Waals surface area contributed by atoms with Crippen LogP contribution in [0.4, 0.5) is 0 Å². The van der Waals surface area contributed by atoms with Crippen LogP contribution in [0.1, 0.15) is 30.5 Å². The predicted octanol–water partition coefficient (Wildman–Crippen LogP) is 1.79. The molecule has 0 aliphatic carbocycles. The molecule has 2 aromatic carbocycles. The van der Waals surface area contributed by atoms with Gasteiger partial charge in [0.15, 0.2) is 6.61 Å². The van der Waals surface area contributed by atoms with Crippen molar-refractivity contribution in [2.24, 2.45) is 5.73 Å². The molecule has 0 spiro atoms. The summed E-state index contributed by atoms with van der Waals surface area (Å²) >= 11 is 0. The number of nitrogens with zero attached hydrogens (tertiary/aromatic N) is 1. The Hall–Kier alpha value is -2.91. The summed E-state index contributed by atoms with van der Waals surface area (Å²) in [6.45, 7) is 2.00. The number of amides is 1. The van der Waals surface area contributed by atoms with Gasteiger partial charge in [-0.15, -0.1) is 0 Å². The van der Waals surface area contributed by atoms with Gasteiger partial charge in [0.25, 0.3) is 5.91 Å². The number of carbonyl (C=O) groups is 2. The Morgan fingerprint density at radius 3 is 2.50 bits per heavy atom. The minimum atomic E-state index is -3.88. The number of nitrogens with two attached hydrogens (primary N) is 1. The van der Waals surface area contributed by atoms with Crippen molar-refractivity contribution in [2.75, 3.05) is 19.8 Å². The van der Waals surface area contributed by atoms with Gasteiger partial charge in [0, 0.05) is 6.54 Å². The molecule has 3 rings (SSSR count). The number of benzene rings is 2. The van der Waals surface area contributed by atoms with E-state index in [4.69, 9.17) is 15.2 Å². The lowest BCUT2D eigenvalue weighted by Gasteiger charge is -2.36. The SMILES string of the molecule is CCOc1ccc(S(=O)(=O)N2CCc3ccccc3[C@@H]2CC(=O)OCC(N)=O)cc1. The molecule has 1 aliphatic heterocycles. The fraction of sp³-hybridized carbons (Fsp3) is 0.333. The van der Waals surface area contributed by atoms with Crippen molar-refractivity contribution in [3.8, 4) is 5.75 Å². The van der Waals surface area contributed by atoms with E-state index in [1.54, 1.807) is 24.3 Å². The van der Waals surface area contributed by atoms with Crippen LogP contribution in [-0.4, -0.2) is 44.4 Å². The highest BCUT2D eigenvalue weighted by atomic mass is 32.2. The molecule has 0 saturated carbocycles. The number of ether oxygens (including phenoxy) is 2. The molecule has 0 fully saturated rings. The van der Waals surface area contributed by atoms with E-state index >= 15 is 0 Å². The third-order valence-corrected chi connectivity index (χ3v) is 6.76. The predicted molar refractivity (Wildman–Crippen MR) is 109 cm³/mol. The lowest BCUT2D eigenvalue weighted by atomic mass is 9.92. The number of hydrogen-bond donors (Lipinski definition) is 1. The molecule has 1 aliphatic rings. The summed E-state index contributed by atoms with van der Waals surface area (Å²) in [4.78, 5) is 23.3. The van der Waals surface area contributed by atoms with Gasteiger partial charge in [0.1, 0.15) is 5.75 Å². The Balaban J connectivity index is 1.92. The normalized spacial score (nSPS) is 16.5. The van der Waals surface area contributed by atoms with Gasteiger partial charge in [-0.05, 0) is 48.7 Å².